The van der Waals surface area contributed by atoms with E-state index in [1.54, 1.807) is 18.5 Å². The van der Waals surface area contributed by atoms with Crippen molar-refractivity contribution >= 4 is 5.97 Å². The Hall–Kier alpha value is -1.29. The van der Waals surface area contributed by atoms with Gasteiger partial charge < -0.3 is 15.2 Å². The Morgan fingerprint density at radius 3 is 3.08 bits per heavy atom. The zero-order valence-corrected chi connectivity index (χ0v) is 6.78. The van der Waals surface area contributed by atoms with Crippen LogP contribution in [0.3, 0.4) is 0 Å². The van der Waals surface area contributed by atoms with E-state index in [0.717, 1.165) is 0 Å². The van der Waals surface area contributed by atoms with Crippen LogP contribution in [0.15, 0.2) is 24.0 Å². The number of allylic oxidation sites excluding steroid dienone is 1. The van der Waals surface area contributed by atoms with Gasteiger partial charge in [-0.3, -0.25) is 0 Å². The summed E-state index contributed by atoms with van der Waals surface area (Å²) in [5.41, 5.74) is 0.512. The molecule has 0 fully saturated rings. The van der Waals surface area contributed by atoms with Gasteiger partial charge in [-0.15, -0.1) is 0 Å². The molecular weight excluding hydrogens is 158 g/mol. The fourth-order valence-corrected chi connectivity index (χ4v) is 0.834. The maximum absolute atomic E-state index is 11.1. The molecule has 2 N–H and O–H groups in total. The Morgan fingerprint density at radius 1 is 1.83 bits per heavy atom. The summed E-state index contributed by atoms with van der Waals surface area (Å²) in [5, 5.41) is 11.5. The number of aliphatic hydroxyl groups excluding tert-OH is 1. The molecule has 1 atom stereocenters. The largest absolute Gasteiger partial charge is 0.433 e. The first-order chi connectivity index (χ1) is 5.70. The molecule has 0 aromatic heterocycles. The summed E-state index contributed by atoms with van der Waals surface area (Å²) in [5.74, 6) is -0.484. The molecule has 1 aliphatic heterocycles. The van der Waals surface area contributed by atoms with E-state index in [4.69, 9.17) is 5.11 Å². The maximum Gasteiger partial charge on any atom is 0.338 e. The van der Waals surface area contributed by atoms with Crippen LogP contribution in [0.25, 0.3) is 0 Å². The molecule has 0 amide bonds. The van der Waals surface area contributed by atoms with Gasteiger partial charge in [0, 0.05) is 12.6 Å². The minimum Gasteiger partial charge on any atom is -0.433 e. The Kier molecular flexibility index (Phi) is 2.88. The zero-order chi connectivity index (χ0) is 8.97. The molecule has 66 valence electrons. The highest BCUT2D eigenvalue weighted by Crippen LogP contribution is 2.08. The monoisotopic (exact) mass is 169 g/mol. The van der Waals surface area contributed by atoms with Crippen molar-refractivity contribution in [3.05, 3.63) is 24.0 Å². The van der Waals surface area contributed by atoms with Crippen LogP contribution in [-0.4, -0.2) is 17.4 Å². The lowest BCUT2D eigenvalue weighted by Crippen LogP contribution is -2.18. The molecule has 1 aliphatic rings. The Bertz CT molecular complexity index is 230. The molecule has 1 heterocycles. The van der Waals surface area contributed by atoms with Gasteiger partial charge in [0.25, 0.3) is 0 Å². The van der Waals surface area contributed by atoms with Gasteiger partial charge in [0.1, 0.15) is 0 Å². The van der Waals surface area contributed by atoms with Crippen LogP contribution >= 0.6 is 0 Å². The van der Waals surface area contributed by atoms with E-state index in [2.05, 4.69) is 10.1 Å². The number of hydrogen-bond donors (Lipinski definition) is 2. The topological polar surface area (TPSA) is 58.6 Å². The number of hydrogen-bond acceptors (Lipinski definition) is 4. The van der Waals surface area contributed by atoms with E-state index in [9.17, 15) is 4.79 Å². The second-order valence-electron chi connectivity index (χ2n) is 2.45. The highest BCUT2D eigenvalue weighted by atomic mass is 16.6. The fourth-order valence-electron chi connectivity index (χ4n) is 0.834. The van der Waals surface area contributed by atoms with Crippen LogP contribution in [0.2, 0.25) is 0 Å². The van der Waals surface area contributed by atoms with Crippen LogP contribution in [0.1, 0.15) is 13.3 Å². The van der Waals surface area contributed by atoms with Gasteiger partial charge in [0.05, 0.1) is 5.57 Å². The molecule has 1 rings (SSSR count). The second-order valence-corrected chi connectivity index (χ2v) is 2.45. The number of aliphatic hydroxyl groups is 1. The van der Waals surface area contributed by atoms with Crippen molar-refractivity contribution in [3.8, 4) is 0 Å². The molecule has 4 nitrogen and oxygen atoms in total. The van der Waals surface area contributed by atoms with Crippen molar-refractivity contribution in [1.82, 2.24) is 5.32 Å². The van der Waals surface area contributed by atoms with E-state index >= 15 is 0 Å². The quantitative estimate of drug-likeness (QED) is 0.460. The van der Waals surface area contributed by atoms with E-state index in [0.29, 0.717) is 12.0 Å². The molecule has 0 saturated heterocycles. The van der Waals surface area contributed by atoms with Crippen molar-refractivity contribution in [1.29, 1.82) is 0 Å². The number of carbonyl (C=O) groups is 1. The van der Waals surface area contributed by atoms with Crippen molar-refractivity contribution in [2.75, 3.05) is 0 Å². The molecule has 0 saturated carbocycles. The summed E-state index contributed by atoms with van der Waals surface area (Å²) in [7, 11) is 0. The van der Waals surface area contributed by atoms with Gasteiger partial charge in [-0.25, -0.2) is 4.79 Å². The van der Waals surface area contributed by atoms with Gasteiger partial charge in [0.15, 0.2) is 6.29 Å². The molecule has 0 radical (unpaired) electrons. The number of rotatable bonds is 2. The first-order valence-electron chi connectivity index (χ1n) is 3.69. The first-order valence-corrected chi connectivity index (χ1v) is 3.69. The molecule has 4 heteroatoms. The minimum absolute atomic E-state index is 0.484. The first kappa shape index (κ1) is 8.80. The third-order valence-corrected chi connectivity index (χ3v) is 1.35. The second kappa shape index (κ2) is 3.92. The van der Waals surface area contributed by atoms with Gasteiger partial charge in [-0.05, 0) is 13.1 Å². The summed E-state index contributed by atoms with van der Waals surface area (Å²) >= 11 is 0. The highest BCUT2D eigenvalue weighted by Gasteiger charge is 2.12. The average Bonchev–Trinajstić information content (AvgIpc) is 2.05. The average molecular weight is 169 g/mol. The lowest BCUT2D eigenvalue weighted by molar-refractivity contribution is -0.159. The van der Waals surface area contributed by atoms with Crippen molar-refractivity contribution in [3.63, 3.8) is 0 Å². The number of esters is 1. The van der Waals surface area contributed by atoms with E-state index in [1.165, 1.54) is 6.92 Å². The number of dihydropyridines is 1. The summed E-state index contributed by atoms with van der Waals surface area (Å²) in [6, 6.07) is 0. The van der Waals surface area contributed by atoms with Crippen LogP contribution in [0.5, 0.6) is 0 Å². The molecule has 0 aromatic carbocycles. The predicted octanol–water partition coefficient (Wildman–Crippen LogP) is 0.259. The van der Waals surface area contributed by atoms with Gasteiger partial charge in [-0.1, -0.05) is 6.08 Å². The smallest absolute Gasteiger partial charge is 0.338 e. The molecule has 12 heavy (non-hydrogen) atoms. The summed E-state index contributed by atoms with van der Waals surface area (Å²) < 4.78 is 4.56. The third kappa shape index (κ3) is 2.39. The maximum atomic E-state index is 11.1. The SMILES string of the molecule is CC(O)OC(=O)C1=CNC=CC1. The molecule has 0 aromatic rings. The standard InChI is InChI=1S/C8H11NO3/c1-6(10)12-8(11)7-3-2-4-9-5-7/h2,4-6,9-10H,3H2,1H3. The Balaban J connectivity index is 2.47. The Labute approximate surface area is 70.5 Å². The van der Waals surface area contributed by atoms with Gasteiger partial charge in [0.2, 0.25) is 0 Å². The van der Waals surface area contributed by atoms with Gasteiger partial charge >= 0.3 is 5.97 Å². The normalized spacial score (nSPS) is 17.7. The van der Waals surface area contributed by atoms with Crippen molar-refractivity contribution in [2.45, 2.75) is 19.6 Å². The zero-order valence-electron chi connectivity index (χ0n) is 6.78. The third-order valence-electron chi connectivity index (χ3n) is 1.35. The molecule has 0 aliphatic carbocycles. The van der Waals surface area contributed by atoms with E-state index in [1.807, 2.05) is 0 Å². The van der Waals surface area contributed by atoms with Crippen LogP contribution in [0.4, 0.5) is 0 Å². The molecule has 1 unspecified atom stereocenters. The van der Waals surface area contributed by atoms with Crippen LogP contribution in [-0.2, 0) is 9.53 Å². The lowest BCUT2D eigenvalue weighted by Gasteiger charge is -2.10. The Morgan fingerprint density at radius 2 is 2.58 bits per heavy atom. The number of carbonyl (C=O) groups excluding carboxylic acids is 1. The molecule has 0 spiro atoms. The van der Waals surface area contributed by atoms with Gasteiger partial charge in [-0.2, -0.15) is 0 Å². The summed E-state index contributed by atoms with van der Waals surface area (Å²) in [6.07, 6.45) is 4.59. The number of ether oxygens (including phenoxy) is 1. The minimum atomic E-state index is -1.05. The van der Waals surface area contributed by atoms with Crippen molar-refractivity contribution in [2.24, 2.45) is 0 Å². The number of nitrogens with one attached hydrogen (secondary N) is 1. The predicted molar refractivity (Wildman–Crippen MR) is 42.7 cm³/mol. The van der Waals surface area contributed by atoms with E-state index < -0.39 is 12.3 Å². The molecule has 0 bridgehead atoms. The van der Waals surface area contributed by atoms with Crippen molar-refractivity contribution < 1.29 is 14.6 Å². The summed E-state index contributed by atoms with van der Waals surface area (Å²) in [4.78, 5) is 11.1. The van der Waals surface area contributed by atoms with Crippen LogP contribution < -0.4 is 5.32 Å². The fraction of sp³-hybridized carbons (Fsp3) is 0.375. The highest BCUT2D eigenvalue weighted by molar-refractivity contribution is 5.88. The van der Waals surface area contributed by atoms with E-state index in [-0.39, 0.29) is 0 Å². The van der Waals surface area contributed by atoms with Crippen LogP contribution in [0, 0.1) is 0 Å². The lowest BCUT2D eigenvalue weighted by atomic mass is 10.2. The summed E-state index contributed by atoms with van der Waals surface area (Å²) in [6.45, 7) is 1.39. The molecular formula is C8H11NO3.